The molecule has 0 bridgehead atoms. The van der Waals surface area contributed by atoms with E-state index in [4.69, 9.17) is 14.2 Å². The molecule has 0 spiro atoms. The second-order valence-corrected chi connectivity index (χ2v) is 6.53. The molecule has 128 valence electrons. The van der Waals surface area contributed by atoms with Gasteiger partial charge in [0.1, 0.15) is 11.5 Å². The number of methoxy groups -OCH3 is 2. The van der Waals surface area contributed by atoms with Crippen LogP contribution in [0, 0.1) is 0 Å². The minimum Gasteiger partial charge on any atom is -0.497 e. The third-order valence-electron chi connectivity index (χ3n) is 5.00. The standard InChI is InChI=1S/C18H28N2O3/c1-19(13-16-5-4-8-23-16)14-6-7-20(12-14)15-9-17(21-2)11-18(10-15)22-3/h9-11,14,16H,4-8,12-13H2,1-3H3/t14-,16-/m0/s1. The smallest absolute Gasteiger partial charge is 0.124 e. The second-order valence-electron chi connectivity index (χ2n) is 6.53. The van der Waals surface area contributed by atoms with E-state index in [0.717, 1.165) is 37.7 Å². The van der Waals surface area contributed by atoms with Crippen LogP contribution in [0.1, 0.15) is 19.3 Å². The third-order valence-corrected chi connectivity index (χ3v) is 5.00. The Morgan fingerprint density at radius 3 is 2.52 bits per heavy atom. The van der Waals surface area contributed by atoms with Crippen LogP contribution >= 0.6 is 0 Å². The highest BCUT2D eigenvalue weighted by Crippen LogP contribution is 2.31. The Morgan fingerprint density at radius 2 is 1.91 bits per heavy atom. The molecule has 0 N–H and O–H groups in total. The van der Waals surface area contributed by atoms with Gasteiger partial charge in [0.15, 0.2) is 0 Å². The second kappa shape index (κ2) is 7.41. The van der Waals surface area contributed by atoms with Crippen LogP contribution in [0.5, 0.6) is 11.5 Å². The van der Waals surface area contributed by atoms with E-state index < -0.39 is 0 Å². The highest BCUT2D eigenvalue weighted by atomic mass is 16.5. The van der Waals surface area contributed by atoms with Crippen molar-refractivity contribution in [3.8, 4) is 11.5 Å². The molecule has 0 amide bonds. The van der Waals surface area contributed by atoms with E-state index >= 15 is 0 Å². The van der Waals surface area contributed by atoms with Crippen LogP contribution in [-0.4, -0.2) is 64.6 Å². The van der Waals surface area contributed by atoms with Crippen molar-refractivity contribution in [1.82, 2.24) is 4.90 Å². The van der Waals surface area contributed by atoms with Crippen LogP contribution in [0.4, 0.5) is 5.69 Å². The molecule has 3 rings (SSSR count). The highest BCUT2D eigenvalue weighted by molar-refractivity contribution is 5.56. The van der Waals surface area contributed by atoms with Crippen LogP contribution in [0.25, 0.3) is 0 Å². The first-order valence-corrected chi connectivity index (χ1v) is 8.49. The average Bonchev–Trinajstić information content (AvgIpc) is 3.25. The molecule has 5 heteroatoms. The quantitative estimate of drug-likeness (QED) is 0.804. The summed E-state index contributed by atoms with van der Waals surface area (Å²) >= 11 is 0. The lowest BCUT2D eigenvalue weighted by Gasteiger charge is -2.27. The number of nitrogens with zero attached hydrogens (tertiary/aromatic N) is 2. The third kappa shape index (κ3) is 3.90. The van der Waals surface area contributed by atoms with Gasteiger partial charge in [-0.05, 0) is 26.3 Å². The monoisotopic (exact) mass is 320 g/mol. The first-order valence-electron chi connectivity index (χ1n) is 8.49. The number of anilines is 1. The van der Waals surface area contributed by atoms with Gasteiger partial charge in [0.25, 0.3) is 0 Å². The topological polar surface area (TPSA) is 34.2 Å². The van der Waals surface area contributed by atoms with Gasteiger partial charge in [-0.15, -0.1) is 0 Å². The van der Waals surface area contributed by atoms with Gasteiger partial charge in [0.05, 0.1) is 20.3 Å². The summed E-state index contributed by atoms with van der Waals surface area (Å²) in [7, 11) is 5.61. The maximum atomic E-state index is 5.77. The van der Waals surface area contributed by atoms with Crippen LogP contribution in [0.15, 0.2) is 18.2 Å². The minimum atomic E-state index is 0.422. The van der Waals surface area contributed by atoms with E-state index in [2.05, 4.69) is 29.0 Å². The summed E-state index contributed by atoms with van der Waals surface area (Å²) in [5, 5.41) is 0. The number of benzene rings is 1. The molecule has 2 atom stereocenters. The fourth-order valence-corrected chi connectivity index (χ4v) is 3.57. The molecule has 2 aliphatic heterocycles. The van der Waals surface area contributed by atoms with Crippen molar-refractivity contribution in [1.29, 1.82) is 0 Å². The summed E-state index contributed by atoms with van der Waals surface area (Å²) in [4.78, 5) is 4.88. The molecule has 2 fully saturated rings. The molecule has 5 nitrogen and oxygen atoms in total. The Bertz CT molecular complexity index is 495. The molecule has 0 aliphatic carbocycles. The maximum absolute atomic E-state index is 5.77. The van der Waals surface area contributed by atoms with Gasteiger partial charge in [-0.2, -0.15) is 0 Å². The number of likely N-dealkylation sites (N-methyl/N-ethyl adjacent to an activating group) is 1. The van der Waals surface area contributed by atoms with E-state index in [1.165, 1.54) is 24.9 Å². The number of rotatable bonds is 6. The normalized spacial score (nSPS) is 24.4. The predicted octanol–water partition coefficient (Wildman–Crippen LogP) is 2.39. The molecule has 1 aromatic carbocycles. The van der Waals surface area contributed by atoms with Gasteiger partial charge >= 0.3 is 0 Å². The van der Waals surface area contributed by atoms with Crippen molar-refractivity contribution in [3.63, 3.8) is 0 Å². The van der Waals surface area contributed by atoms with Gasteiger partial charge in [-0.25, -0.2) is 0 Å². The van der Waals surface area contributed by atoms with Crippen molar-refractivity contribution < 1.29 is 14.2 Å². The van der Waals surface area contributed by atoms with Crippen molar-refractivity contribution in [3.05, 3.63) is 18.2 Å². The molecule has 0 aromatic heterocycles. The number of hydrogen-bond acceptors (Lipinski definition) is 5. The van der Waals surface area contributed by atoms with Crippen LogP contribution in [0.3, 0.4) is 0 Å². The number of hydrogen-bond donors (Lipinski definition) is 0. The molecule has 23 heavy (non-hydrogen) atoms. The Kier molecular flexibility index (Phi) is 5.28. The molecule has 2 saturated heterocycles. The van der Waals surface area contributed by atoms with E-state index in [9.17, 15) is 0 Å². The van der Waals surface area contributed by atoms with E-state index in [1.54, 1.807) is 14.2 Å². The van der Waals surface area contributed by atoms with Crippen molar-refractivity contribution in [2.24, 2.45) is 0 Å². The van der Waals surface area contributed by atoms with Crippen molar-refractivity contribution in [2.45, 2.75) is 31.4 Å². The molecule has 2 heterocycles. The average molecular weight is 320 g/mol. The largest absolute Gasteiger partial charge is 0.497 e. The maximum Gasteiger partial charge on any atom is 0.124 e. The predicted molar refractivity (Wildman–Crippen MR) is 91.8 cm³/mol. The van der Waals surface area contributed by atoms with E-state index in [0.29, 0.717) is 12.1 Å². The molecule has 0 radical (unpaired) electrons. The molecule has 2 aliphatic rings. The van der Waals surface area contributed by atoms with Crippen LogP contribution in [0.2, 0.25) is 0 Å². The summed E-state index contributed by atoms with van der Waals surface area (Å²) < 4.78 is 16.5. The molecular weight excluding hydrogens is 292 g/mol. The van der Waals surface area contributed by atoms with Gasteiger partial charge in [-0.1, -0.05) is 0 Å². The molecule has 0 saturated carbocycles. The Hall–Kier alpha value is -1.46. The summed E-state index contributed by atoms with van der Waals surface area (Å²) in [6.45, 7) is 4.08. The van der Waals surface area contributed by atoms with Gasteiger partial charge in [0, 0.05) is 56.2 Å². The Morgan fingerprint density at radius 1 is 1.17 bits per heavy atom. The fourth-order valence-electron chi connectivity index (χ4n) is 3.57. The molecule has 0 unspecified atom stereocenters. The Labute approximate surface area is 139 Å². The van der Waals surface area contributed by atoms with Crippen LogP contribution < -0.4 is 14.4 Å². The zero-order chi connectivity index (χ0) is 16.2. The minimum absolute atomic E-state index is 0.422. The summed E-state index contributed by atoms with van der Waals surface area (Å²) in [6, 6.07) is 6.67. The first-order chi connectivity index (χ1) is 11.2. The van der Waals surface area contributed by atoms with E-state index in [-0.39, 0.29) is 0 Å². The first kappa shape index (κ1) is 16.4. The summed E-state index contributed by atoms with van der Waals surface area (Å²) in [5.41, 5.74) is 1.18. The van der Waals surface area contributed by atoms with Crippen LogP contribution in [-0.2, 0) is 4.74 Å². The van der Waals surface area contributed by atoms with E-state index in [1.807, 2.05) is 6.07 Å². The highest BCUT2D eigenvalue weighted by Gasteiger charge is 2.28. The van der Waals surface area contributed by atoms with Gasteiger partial charge in [0.2, 0.25) is 0 Å². The van der Waals surface area contributed by atoms with Crippen molar-refractivity contribution >= 4 is 5.69 Å². The zero-order valence-corrected chi connectivity index (χ0v) is 14.5. The summed E-state index contributed by atoms with van der Waals surface area (Å²) in [6.07, 6.45) is 4.01. The molecular formula is C18H28N2O3. The SMILES string of the molecule is COc1cc(OC)cc(N2CC[C@H](N(C)C[C@@H]3CCCO3)C2)c1. The lowest BCUT2D eigenvalue weighted by molar-refractivity contribution is 0.0708. The lowest BCUT2D eigenvalue weighted by atomic mass is 10.2. The Balaban J connectivity index is 1.62. The molecule has 1 aromatic rings. The number of ether oxygens (including phenoxy) is 3. The van der Waals surface area contributed by atoms with Crippen molar-refractivity contribution in [2.75, 3.05) is 52.4 Å². The summed E-state index contributed by atoms with van der Waals surface area (Å²) in [5.74, 6) is 1.69. The lowest BCUT2D eigenvalue weighted by Crippen LogP contribution is -2.39. The van der Waals surface area contributed by atoms with Gasteiger partial charge in [-0.3, -0.25) is 4.90 Å². The zero-order valence-electron chi connectivity index (χ0n) is 14.5. The fraction of sp³-hybridized carbons (Fsp3) is 0.667. The van der Waals surface area contributed by atoms with Gasteiger partial charge < -0.3 is 19.1 Å².